The van der Waals surface area contributed by atoms with Gasteiger partial charge in [-0.3, -0.25) is 0 Å². The number of thiazole rings is 1. The van der Waals surface area contributed by atoms with E-state index in [0.29, 0.717) is 5.75 Å². The third-order valence-electron chi connectivity index (χ3n) is 4.45. The van der Waals surface area contributed by atoms with Crippen LogP contribution in [0.5, 0.6) is 5.75 Å². The summed E-state index contributed by atoms with van der Waals surface area (Å²) < 4.78 is 1.13. The average molecular weight is 437 g/mol. The first-order valence-corrected chi connectivity index (χ1v) is 9.10. The normalized spacial score (nSPS) is 13.8. The number of phenols is 1. The number of aromatic hydroxyl groups is 1. The molecule has 1 fully saturated rings. The molecule has 2 heterocycles. The molecular weight excluding hydrogens is 413 g/mol. The number of piperazine rings is 1. The monoisotopic (exact) mass is 435 g/mol. The largest absolute Gasteiger partial charge is 0.505 e. The van der Waals surface area contributed by atoms with Crippen LogP contribution in [0, 0.1) is 0 Å². The van der Waals surface area contributed by atoms with Crippen molar-refractivity contribution in [3.05, 3.63) is 29.3 Å². The lowest BCUT2D eigenvalue weighted by Gasteiger charge is -2.30. The molecule has 4 nitrogen and oxygen atoms in total. The van der Waals surface area contributed by atoms with Gasteiger partial charge in [0.15, 0.2) is 0 Å². The summed E-state index contributed by atoms with van der Waals surface area (Å²) in [5.74, 6) is 0.404. The van der Waals surface area contributed by atoms with E-state index in [0.717, 1.165) is 70.7 Å². The van der Waals surface area contributed by atoms with Crippen molar-refractivity contribution in [2.24, 2.45) is 0 Å². The summed E-state index contributed by atoms with van der Waals surface area (Å²) in [4.78, 5) is 7.19. The minimum atomic E-state index is 0. The van der Waals surface area contributed by atoms with Crippen LogP contribution in [0.25, 0.3) is 21.0 Å². The van der Waals surface area contributed by atoms with Gasteiger partial charge in [-0.15, -0.1) is 48.6 Å². The van der Waals surface area contributed by atoms with Crippen LogP contribution >= 0.6 is 48.6 Å². The van der Waals surface area contributed by atoms with Crippen molar-refractivity contribution in [2.45, 2.75) is 19.8 Å². The number of hydrogen-bond acceptors (Lipinski definition) is 5. The summed E-state index contributed by atoms with van der Waals surface area (Å²) >= 11 is 1.74. The highest BCUT2D eigenvalue weighted by Crippen LogP contribution is 2.45. The van der Waals surface area contributed by atoms with Gasteiger partial charge in [-0.1, -0.05) is 31.2 Å². The Kier molecular flexibility index (Phi) is 8.70. The number of aromatic nitrogens is 1. The van der Waals surface area contributed by atoms with Crippen molar-refractivity contribution in [3.8, 4) is 5.75 Å². The molecule has 0 unspecified atom stereocenters. The number of hydrogen-bond donors (Lipinski definition) is 2. The summed E-state index contributed by atoms with van der Waals surface area (Å²) in [6, 6.07) is 8.06. The predicted molar refractivity (Wildman–Crippen MR) is 120 cm³/mol. The molecule has 1 aliphatic heterocycles. The van der Waals surface area contributed by atoms with Crippen molar-refractivity contribution in [1.82, 2.24) is 10.3 Å². The standard InChI is InChI=1S/C18H21N3OS.3ClH/c1-2-5-14-20-15-12-6-3-4-7-13(12)17(22)16(18(15)23-14)21-10-8-19-9-11-21;;;/h3-4,6-7,19,22H,2,5,8-11H2,1H3;3*1H. The molecule has 0 amide bonds. The van der Waals surface area contributed by atoms with Crippen molar-refractivity contribution in [1.29, 1.82) is 0 Å². The maximum Gasteiger partial charge on any atom is 0.148 e. The zero-order valence-electron chi connectivity index (χ0n) is 14.5. The number of fused-ring (bicyclic) bond motifs is 3. The van der Waals surface area contributed by atoms with Crippen LogP contribution in [0.15, 0.2) is 24.3 Å². The second-order valence-corrected chi connectivity index (χ2v) is 7.10. The molecule has 26 heavy (non-hydrogen) atoms. The van der Waals surface area contributed by atoms with Crippen molar-refractivity contribution in [3.63, 3.8) is 0 Å². The highest BCUT2D eigenvalue weighted by molar-refractivity contribution is 7.19. The maximum absolute atomic E-state index is 11.0. The van der Waals surface area contributed by atoms with Crippen LogP contribution in [0.4, 0.5) is 5.69 Å². The first-order chi connectivity index (χ1) is 11.3. The Morgan fingerprint density at radius 2 is 1.77 bits per heavy atom. The minimum absolute atomic E-state index is 0. The van der Waals surface area contributed by atoms with Gasteiger partial charge in [0.2, 0.25) is 0 Å². The van der Waals surface area contributed by atoms with Gasteiger partial charge in [0, 0.05) is 37.0 Å². The van der Waals surface area contributed by atoms with E-state index in [4.69, 9.17) is 4.98 Å². The van der Waals surface area contributed by atoms with E-state index in [1.807, 2.05) is 18.2 Å². The van der Waals surface area contributed by atoms with Gasteiger partial charge >= 0.3 is 0 Å². The Hall–Kier alpha value is -0.980. The molecule has 0 atom stereocenters. The average Bonchev–Trinajstić information content (AvgIpc) is 3.00. The van der Waals surface area contributed by atoms with Gasteiger partial charge in [-0.2, -0.15) is 0 Å². The second-order valence-electron chi connectivity index (χ2n) is 6.02. The van der Waals surface area contributed by atoms with Crippen molar-refractivity contribution < 1.29 is 5.11 Å². The number of aryl methyl sites for hydroxylation is 1. The smallest absolute Gasteiger partial charge is 0.148 e. The zero-order chi connectivity index (χ0) is 15.8. The highest BCUT2D eigenvalue weighted by atomic mass is 35.5. The molecule has 0 bridgehead atoms. The zero-order valence-corrected chi connectivity index (χ0v) is 17.8. The Morgan fingerprint density at radius 3 is 2.42 bits per heavy atom. The molecule has 2 N–H and O–H groups in total. The molecular formula is C18H24Cl3N3OS. The second kappa shape index (κ2) is 9.81. The lowest BCUT2D eigenvalue weighted by molar-refractivity contribution is 0.477. The van der Waals surface area contributed by atoms with E-state index in [-0.39, 0.29) is 37.2 Å². The van der Waals surface area contributed by atoms with Crippen LogP contribution in [-0.2, 0) is 6.42 Å². The van der Waals surface area contributed by atoms with Gasteiger partial charge in [-0.25, -0.2) is 4.98 Å². The predicted octanol–water partition coefficient (Wildman–Crippen LogP) is 4.78. The quantitative estimate of drug-likeness (QED) is 0.620. The first kappa shape index (κ1) is 23.1. The fraction of sp³-hybridized carbons (Fsp3) is 0.389. The molecule has 144 valence electrons. The number of phenolic OH excluding ortho intramolecular Hbond substituents is 1. The molecule has 1 aliphatic rings. The number of benzene rings is 2. The molecule has 1 saturated heterocycles. The Bertz CT molecular complexity index is 866. The van der Waals surface area contributed by atoms with E-state index in [1.165, 1.54) is 0 Å². The number of halogens is 3. The molecule has 2 aromatic carbocycles. The van der Waals surface area contributed by atoms with Crippen molar-refractivity contribution in [2.75, 3.05) is 31.1 Å². The molecule has 8 heteroatoms. The molecule has 0 saturated carbocycles. The SMILES string of the molecule is CCCc1nc2c(s1)c(N1CCNCC1)c(O)c1ccccc12.Cl.Cl.Cl. The van der Waals surface area contributed by atoms with Crippen LogP contribution in [0.1, 0.15) is 18.4 Å². The summed E-state index contributed by atoms with van der Waals surface area (Å²) in [5.41, 5.74) is 2.01. The summed E-state index contributed by atoms with van der Waals surface area (Å²) in [6.07, 6.45) is 2.09. The molecule has 3 aromatic rings. The van der Waals surface area contributed by atoms with Gasteiger partial charge in [0.25, 0.3) is 0 Å². The minimum Gasteiger partial charge on any atom is -0.505 e. The fourth-order valence-electron chi connectivity index (χ4n) is 3.34. The van der Waals surface area contributed by atoms with Gasteiger partial charge in [0.1, 0.15) is 5.75 Å². The summed E-state index contributed by atoms with van der Waals surface area (Å²) in [5, 5.41) is 17.5. The molecule has 0 spiro atoms. The maximum atomic E-state index is 11.0. The van der Waals surface area contributed by atoms with E-state index < -0.39 is 0 Å². The lowest BCUT2D eigenvalue weighted by atomic mass is 10.1. The van der Waals surface area contributed by atoms with Crippen molar-refractivity contribution >= 4 is 75.2 Å². The number of anilines is 1. The van der Waals surface area contributed by atoms with E-state index in [2.05, 4.69) is 23.2 Å². The fourth-order valence-corrected chi connectivity index (χ4v) is 4.59. The number of nitrogens with one attached hydrogen (secondary N) is 1. The lowest BCUT2D eigenvalue weighted by Crippen LogP contribution is -2.43. The van der Waals surface area contributed by atoms with Crippen LogP contribution < -0.4 is 10.2 Å². The topological polar surface area (TPSA) is 48.4 Å². The number of nitrogens with zero attached hydrogens (tertiary/aromatic N) is 2. The third-order valence-corrected chi connectivity index (χ3v) is 5.57. The highest BCUT2D eigenvalue weighted by Gasteiger charge is 2.23. The third kappa shape index (κ3) is 3.97. The number of rotatable bonds is 3. The molecule has 0 radical (unpaired) electrons. The van der Waals surface area contributed by atoms with E-state index in [1.54, 1.807) is 11.3 Å². The Labute approximate surface area is 176 Å². The Balaban J connectivity index is 0.00000113. The summed E-state index contributed by atoms with van der Waals surface area (Å²) in [6.45, 7) is 5.92. The molecule has 1 aromatic heterocycles. The van der Waals surface area contributed by atoms with E-state index >= 15 is 0 Å². The first-order valence-electron chi connectivity index (χ1n) is 8.28. The van der Waals surface area contributed by atoms with Crippen LogP contribution in [0.3, 0.4) is 0 Å². The van der Waals surface area contributed by atoms with Gasteiger partial charge in [-0.05, 0) is 12.8 Å². The van der Waals surface area contributed by atoms with E-state index in [9.17, 15) is 5.11 Å². The molecule has 4 rings (SSSR count). The van der Waals surface area contributed by atoms with Gasteiger partial charge < -0.3 is 15.3 Å². The van der Waals surface area contributed by atoms with Crippen LogP contribution in [-0.4, -0.2) is 36.3 Å². The van der Waals surface area contributed by atoms with Crippen LogP contribution in [0.2, 0.25) is 0 Å². The Morgan fingerprint density at radius 1 is 1.12 bits per heavy atom. The van der Waals surface area contributed by atoms with Gasteiger partial charge in [0.05, 0.1) is 20.9 Å². The molecule has 0 aliphatic carbocycles. The summed E-state index contributed by atoms with van der Waals surface area (Å²) in [7, 11) is 0.